The van der Waals surface area contributed by atoms with E-state index < -0.39 is 34.2 Å². The fourth-order valence-electron chi connectivity index (χ4n) is 2.92. The summed E-state index contributed by atoms with van der Waals surface area (Å²) in [6.45, 7) is 0.0637. The molecule has 0 saturated heterocycles. The van der Waals surface area contributed by atoms with Crippen molar-refractivity contribution in [3.05, 3.63) is 76.5 Å². The first kappa shape index (κ1) is 20.7. The summed E-state index contributed by atoms with van der Waals surface area (Å²) in [7, 11) is 0. The SMILES string of the molecule is N#Cc1cnc2ccc(C(=O)c3cc(F)cc(CCCNS(=O)[O-])c3F)cc2c1. The average molecular weight is 414 g/mol. The number of ketones is 1. The Morgan fingerprint density at radius 1 is 1.24 bits per heavy atom. The Balaban J connectivity index is 1.91. The molecule has 1 unspecified atom stereocenters. The molecule has 0 amide bonds. The zero-order valence-corrected chi connectivity index (χ0v) is 15.8. The topological polar surface area (TPSA) is 106 Å². The molecule has 0 aliphatic rings. The van der Waals surface area contributed by atoms with Crippen molar-refractivity contribution in [1.82, 2.24) is 9.71 Å². The van der Waals surface area contributed by atoms with Crippen LogP contribution in [-0.2, 0) is 17.7 Å². The molecular formula is C20H14F2N3O3S-. The summed E-state index contributed by atoms with van der Waals surface area (Å²) >= 11 is -2.43. The van der Waals surface area contributed by atoms with Gasteiger partial charge in [-0.1, -0.05) is 0 Å². The van der Waals surface area contributed by atoms with Crippen LogP contribution in [0.15, 0.2) is 42.6 Å². The number of nitrogens with zero attached hydrogens (tertiary/aromatic N) is 2. The van der Waals surface area contributed by atoms with Gasteiger partial charge in [-0.2, -0.15) is 5.26 Å². The first-order valence-electron chi connectivity index (χ1n) is 8.54. The molecule has 3 rings (SSSR count). The molecule has 1 atom stereocenters. The third kappa shape index (κ3) is 4.86. The lowest BCUT2D eigenvalue weighted by atomic mass is 9.97. The van der Waals surface area contributed by atoms with E-state index >= 15 is 0 Å². The maximum Gasteiger partial charge on any atom is 0.196 e. The highest BCUT2D eigenvalue weighted by Crippen LogP contribution is 2.23. The second kappa shape index (κ2) is 8.96. The second-order valence-electron chi connectivity index (χ2n) is 6.23. The van der Waals surface area contributed by atoms with Crippen molar-refractivity contribution in [2.45, 2.75) is 12.8 Å². The van der Waals surface area contributed by atoms with E-state index in [1.165, 1.54) is 18.3 Å². The monoisotopic (exact) mass is 414 g/mol. The minimum atomic E-state index is -2.43. The van der Waals surface area contributed by atoms with E-state index in [2.05, 4.69) is 9.71 Å². The molecule has 0 bridgehead atoms. The van der Waals surface area contributed by atoms with E-state index in [0.717, 1.165) is 12.1 Å². The van der Waals surface area contributed by atoms with Gasteiger partial charge in [0.15, 0.2) is 5.78 Å². The number of nitrogens with one attached hydrogen (secondary N) is 1. The highest BCUT2D eigenvalue weighted by Gasteiger charge is 2.19. The highest BCUT2D eigenvalue weighted by molar-refractivity contribution is 7.77. The van der Waals surface area contributed by atoms with Crippen molar-refractivity contribution < 1.29 is 22.3 Å². The number of hydrogen-bond donors (Lipinski definition) is 1. The molecular weight excluding hydrogens is 400 g/mol. The summed E-state index contributed by atoms with van der Waals surface area (Å²) in [6.07, 6.45) is 1.70. The smallest absolute Gasteiger partial charge is 0.196 e. The minimum absolute atomic E-state index is 0.0129. The van der Waals surface area contributed by atoms with Gasteiger partial charge in [-0.3, -0.25) is 14.0 Å². The van der Waals surface area contributed by atoms with E-state index in [1.54, 1.807) is 12.1 Å². The molecule has 1 heterocycles. The van der Waals surface area contributed by atoms with Gasteiger partial charge in [0.1, 0.15) is 17.7 Å². The summed E-state index contributed by atoms with van der Waals surface area (Å²) in [5, 5.41) is 9.51. The normalized spacial score (nSPS) is 11.9. The third-order valence-electron chi connectivity index (χ3n) is 4.27. The number of aromatic nitrogens is 1. The molecule has 0 saturated carbocycles. The molecule has 1 N–H and O–H groups in total. The van der Waals surface area contributed by atoms with Crippen LogP contribution in [-0.4, -0.2) is 26.1 Å². The molecule has 148 valence electrons. The number of carbonyl (C=O) groups excluding carboxylic acids is 1. The number of nitriles is 1. The van der Waals surface area contributed by atoms with Gasteiger partial charge in [-0.15, -0.1) is 0 Å². The molecule has 0 aliphatic heterocycles. The van der Waals surface area contributed by atoms with Crippen LogP contribution >= 0.6 is 0 Å². The van der Waals surface area contributed by atoms with Crippen molar-refractivity contribution in [3.63, 3.8) is 0 Å². The first-order valence-corrected chi connectivity index (χ1v) is 9.62. The van der Waals surface area contributed by atoms with Gasteiger partial charge in [0.05, 0.1) is 16.6 Å². The van der Waals surface area contributed by atoms with Gasteiger partial charge >= 0.3 is 0 Å². The zero-order chi connectivity index (χ0) is 21.0. The largest absolute Gasteiger partial charge is 0.760 e. The molecule has 0 radical (unpaired) electrons. The maximum absolute atomic E-state index is 14.8. The Hall–Kier alpha value is -3.06. The summed E-state index contributed by atoms with van der Waals surface area (Å²) in [5.41, 5.74) is 0.580. The van der Waals surface area contributed by atoms with Crippen LogP contribution in [0.1, 0.15) is 33.5 Å². The Morgan fingerprint density at radius 2 is 2.03 bits per heavy atom. The minimum Gasteiger partial charge on any atom is -0.760 e. The number of halogens is 2. The molecule has 0 fully saturated rings. The predicted molar refractivity (Wildman–Crippen MR) is 101 cm³/mol. The van der Waals surface area contributed by atoms with Crippen LogP contribution < -0.4 is 4.72 Å². The van der Waals surface area contributed by atoms with Gasteiger partial charge < -0.3 is 4.55 Å². The quantitative estimate of drug-likeness (QED) is 0.364. The lowest BCUT2D eigenvalue weighted by Crippen LogP contribution is -2.18. The third-order valence-corrected chi connectivity index (χ3v) is 4.71. The fraction of sp³-hybridized carbons (Fsp3) is 0.150. The van der Waals surface area contributed by atoms with Crippen molar-refractivity contribution >= 4 is 28.0 Å². The van der Waals surface area contributed by atoms with Crippen LogP contribution in [0.3, 0.4) is 0 Å². The lowest BCUT2D eigenvalue weighted by molar-refractivity contribution is 0.103. The summed E-state index contributed by atoms with van der Waals surface area (Å²) in [6, 6.07) is 9.83. The Bertz CT molecular complexity index is 1160. The Labute approximate surface area is 167 Å². The van der Waals surface area contributed by atoms with Gasteiger partial charge in [0, 0.05) is 35.0 Å². The summed E-state index contributed by atoms with van der Waals surface area (Å²) in [4.78, 5) is 16.9. The Morgan fingerprint density at radius 3 is 2.76 bits per heavy atom. The van der Waals surface area contributed by atoms with Crippen molar-refractivity contribution in [1.29, 1.82) is 5.26 Å². The van der Waals surface area contributed by atoms with Gasteiger partial charge in [-0.05, 0) is 54.8 Å². The van der Waals surface area contributed by atoms with Crippen LogP contribution in [0.25, 0.3) is 10.9 Å². The molecule has 29 heavy (non-hydrogen) atoms. The van der Waals surface area contributed by atoms with E-state index in [9.17, 15) is 22.3 Å². The summed E-state index contributed by atoms with van der Waals surface area (Å²) < 4.78 is 51.9. The molecule has 2 aromatic carbocycles. The van der Waals surface area contributed by atoms with Gasteiger partial charge in [0.2, 0.25) is 0 Å². The average Bonchev–Trinajstić information content (AvgIpc) is 2.71. The van der Waals surface area contributed by atoms with Crippen LogP contribution in [0.5, 0.6) is 0 Å². The molecule has 6 nitrogen and oxygen atoms in total. The van der Waals surface area contributed by atoms with Crippen LogP contribution in [0.2, 0.25) is 0 Å². The number of fused-ring (bicyclic) bond motifs is 1. The standard InChI is InChI=1S/C20H15F2N3O3S/c21-16-8-13(2-1-5-25-29(27)28)19(22)17(9-16)20(26)14-3-4-18-15(7-14)6-12(10-23)11-24-18/h3-4,6-9,11,25H,1-2,5H2,(H,27,28)/p-1. The molecule has 9 heteroatoms. The molecule has 3 aromatic rings. The number of rotatable bonds is 7. The predicted octanol–water partition coefficient (Wildman–Crippen LogP) is 2.93. The van der Waals surface area contributed by atoms with Crippen molar-refractivity contribution in [3.8, 4) is 6.07 Å². The van der Waals surface area contributed by atoms with Crippen LogP contribution in [0, 0.1) is 23.0 Å². The van der Waals surface area contributed by atoms with Crippen molar-refractivity contribution in [2.24, 2.45) is 0 Å². The van der Waals surface area contributed by atoms with E-state index in [-0.39, 0.29) is 30.5 Å². The number of pyridine rings is 1. The number of benzene rings is 2. The molecule has 0 aliphatic carbocycles. The number of hydrogen-bond acceptors (Lipinski definition) is 5. The maximum atomic E-state index is 14.8. The highest BCUT2D eigenvalue weighted by atomic mass is 32.2. The van der Waals surface area contributed by atoms with E-state index in [1.807, 2.05) is 6.07 Å². The van der Waals surface area contributed by atoms with Gasteiger partial charge in [-0.25, -0.2) is 13.5 Å². The molecule has 0 spiro atoms. The van der Waals surface area contributed by atoms with Crippen molar-refractivity contribution in [2.75, 3.05) is 6.54 Å². The second-order valence-corrected chi connectivity index (χ2v) is 6.99. The number of aryl methyl sites for hydroxylation is 1. The first-order chi connectivity index (χ1) is 13.9. The lowest BCUT2D eigenvalue weighted by Gasteiger charge is -2.10. The summed E-state index contributed by atoms with van der Waals surface area (Å²) in [5.74, 6) is -2.31. The fourth-order valence-corrected chi connectivity index (χ4v) is 3.23. The van der Waals surface area contributed by atoms with Gasteiger partial charge in [0.25, 0.3) is 0 Å². The number of carbonyl (C=O) groups is 1. The van der Waals surface area contributed by atoms with E-state index in [4.69, 9.17) is 5.26 Å². The van der Waals surface area contributed by atoms with E-state index in [0.29, 0.717) is 16.5 Å². The molecule has 1 aromatic heterocycles. The Kier molecular flexibility index (Phi) is 6.39. The zero-order valence-electron chi connectivity index (χ0n) is 14.9. The van der Waals surface area contributed by atoms with Crippen LogP contribution in [0.4, 0.5) is 8.78 Å².